The molecule has 1 aromatic rings. The van der Waals surface area contributed by atoms with Crippen molar-refractivity contribution in [3.63, 3.8) is 0 Å². The summed E-state index contributed by atoms with van der Waals surface area (Å²) in [6.45, 7) is 3.05. The SMILES string of the molecule is CCCN(C)c1ccc2c(c1)NC(=O)C2=O. The van der Waals surface area contributed by atoms with Crippen molar-refractivity contribution in [3.05, 3.63) is 23.8 Å². The molecule has 0 saturated heterocycles. The van der Waals surface area contributed by atoms with Crippen LogP contribution in [0.15, 0.2) is 18.2 Å². The maximum Gasteiger partial charge on any atom is 0.296 e. The molecular weight excluding hydrogens is 204 g/mol. The lowest BCUT2D eigenvalue weighted by molar-refractivity contribution is -0.112. The average molecular weight is 218 g/mol. The minimum absolute atomic E-state index is 0.445. The minimum Gasteiger partial charge on any atom is -0.375 e. The number of nitrogens with one attached hydrogen (secondary N) is 1. The van der Waals surface area contributed by atoms with Crippen LogP contribution in [0.25, 0.3) is 0 Å². The maximum atomic E-state index is 11.4. The largest absolute Gasteiger partial charge is 0.375 e. The number of benzene rings is 1. The number of Topliss-reactive ketones (excluding diaryl/α,β-unsaturated/α-hetero) is 1. The molecule has 1 heterocycles. The third kappa shape index (κ3) is 1.66. The third-order valence-corrected chi connectivity index (χ3v) is 2.70. The van der Waals surface area contributed by atoms with Crippen molar-refractivity contribution < 1.29 is 9.59 Å². The van der Waals surface area contributed by atoms with Crippen LogP contribution in [0.1, 0.15) is 23.7 Å². The Balaban J connectivity index is 2.32. The van der Waals surface area contributed by atoms with Crippen molar-refractivity contribution in [1.29, 1.82) is 0 Å². The number of anilines is 2. The van der Waals surface area contributed by atoms with Gasteiger partial charge in [0.05, 0.1) is 11.3 Å². The van der Waals surface area contributed by atoms with Crippen LogP contribution in [-0.4, -0.2) is 25.3 Å². The third-order valence-electron chi connectivity index (χ3n) is 2.70. The second kappa shape index (κ2) is 3.96. The number of carbonyl (C=O) groups excluding carboxylic acids is 2. The molecule has 0 bridgehead atoms. The molecule has 84 valence electrons. The highest BCUT2D eigenvalue weighted by Gasteiger charge is 2.27. The zero-order valence-electron chi connectivity index (χ0n) is 9.41. The molecule has 0 aromatic heterocycles. The Kier molecular flexibility index (Phi) is 2.64. The fourth-order valence-electron chi connectivity index (χ4n) is 1.84. The lowest BCUT2D eigenvalue weighted by Crippen LogP contribution is -2.17. The van der Waals surface area contributed by atoms with Gasteiger partial charge in [-0.05, 0) is 24.6 Å². The standard InChI is InChI=1S/C12H14N2O2/c1-3-6-14(2)8-4-5-9-10(7-8)13-12(16)11(9)15/h4-5,7H,3,6H2,1-2H3,(H,13,15,16). The number of rotatable bonds is 3. The van der Waals surface area contributed by atoms with Crippen molar-refractivity contribution in [2.24, 2.45) is 0 Å². The predicted octanol–water partition coefficient (Wildman–Crippen LogP) is 1.67. The van der Waals surface area contributed by atoms with Gasteiger partial charge in [-0.15, -0.1) is 0 Å². The van der Waals surface area contributed by atoms with Gasteiger partial charge in [0.2, 0.25) is 0 Å². The van der Waals surface area contributed by atoms with E-state index in [-0.39, 0.29) is 0 Å². The number of hydrogen-bond donors (Lipinski definition) is 1. The Morgan fingerprint density at radius 2 is 2.06 bits per heavy atom. The van der Waals surface area contributed by atoms with E-state index in [1.165, 1.54) is 0 Å². The fourth-order valence-corrected chi connectivity index (χ4v) is 1.84. The Morgan fingerprint density at radius 3 is 2.75 bits per heavy atom. The molecule has 0 radical (unpaired) electrons. The second-order valence-electron chi connectivity index (χ2n) is 3.93. The van der Waals surface area contributed by atoms with Gasteiger partial charge in [0.1, 0.15) is 0 Å². The molecule has 0 aliphatic carbocycles. The number of nitrogens with zero attached hydrogens (tertiary/aromatic N) is 1. The van der Waals surface area contributed by atoms with Crippen LogP contribution in [0.4, 0.5) is 11.4 Å². The normalized spacial score (nSPS) is 13.6. The van der Waals surface area contributed by atoms with Gasteiger partial charge in [-0.1, -0.05) is 6.92 Å². The molecule has 2 rings (SSSR count). The van der Waals surface area contributed by atoms with Gasteiger partial charge in [0.25, 0.3) is 11.7 Å². The first kappa shape index (κ1) is 10.7. The Morgan fingerprint density at radius 1 is 1.31 bits per heavy atom. The quantitative estimate of drug-likeness (QED) is 0.785. The summed E-state index contributed by atoms with van der Waals surface area (Å²) in [7, 11) is 1.99. The number of hydrogen-bond acceptors (Lipinski definition) is 3. The summed E-state index contributed by atoms with van der Waals surface area (Å²) in [6.07, 6.45) is 1.05. The highest BCUT2D eigenvalue weighted by molar-refractivity contribution is 6.51. The van der Waals surface area contributed by atoms with E-state index in [4.69, 9.17) is 0 Å². The number of amides is 1. The van der Waals surface area contributed by atoms with Crippen LogP contribution in [0.3, 0.4) is 0 Å². The van der Waals surface area contributed by atoms with Crippen LogP contribution in [-0.2, 0) is 4.79 Å². The number of carbonyl (C=O) groups is 2. The molecule has 1 N–H and O–H groups in total. The molecule has 1 amide bonds. The lowest BCUT2D eigenvalue weighted by atomic mass is 10.1. The molecule has 0 atom stereocenters. The first-order valence-corrected chi connectivity index (χ1v) is 5.34. The van der Waals surface area contributed by atoms with Gasteiger partial charge in [-0.3, -0.25) is 9.59 Å². The molecule has 0 fully saturated rings. The van der Waals surface area contributed by atoms with E-state index in [2.05, 4.69) is 17.1 Å². The van der Waals surface area contributed by atoms with E-state index >= 15 is 0 Å². The van der Waals surface area contributed by atoms with E-state index in [1.54, 1.807) is 6.07 Å². The smallest absolute Gasteiger partial charge is 0.296 e. The monoisotopic (exact) mass is 218 g/mol. The number of ketones is 1. The second-order valence-corrected chi connectivity index (χ2v) is 3.93. The summed E-state index contributed by atoms with van der Waals surface area (Å²) >= 11 is 0. The summed E-state index contributed by atoms with van der Waals surface area (Å²) in [5.41, 5.74) is 2.10. The molecule has 1 aliphatic heterocycles. The highest BCUT2D eigenvalue weighted by Crippen LogP contribution is 2.27. The van der Waals surface area contributed by atoms with E-state index in [0.717, 1.165) is 18.7 Å². The van der Waals surface area contributed by atoms with Crippen LogP contribution in [0, 0.1) is 0 Å². The molecule has 1 aromatic carbocycles. The minimum atomic E-state index is -0.537. The van der Waals surface area contributed by atoms with Crippen molar-refractivity contribution >= 4 is 23.1 Å². The highest BCUT2D eigenvalue weighted by atomic mass is 16.2. The fraction of sp³-hybridized carbons (Fsp3) is 0.333. The summed E-state index contributed by atoms with van der Waals surface area (Å²) in [5, 5.41) is 2.57. The van der Waals surface area contributed by atoms with Crippen molar-refractivity contribution in [2.45, 2.75) is 13.3 Å². The molecule has 0 spiro atoms. The van der Waals surface area contributed by atoms with Gasteiger partial charge >= 0.3 is 0 Å². The molecule has 0 saturated carbocycles. The summed E-state index contributed by atoms with van der Waals surface area (Å²) < 4.78 is 0. The van der Waals surface area contributed by atoms with Gasteiger partial charge < -0.3 is 10.2 Å². The molecule has 4 heteroatoms. The van der Waals surface area contributed by atoms with Crippen molar-refractivity contribution in [2.75, 3.05) is 23.8 Å². The summed E-state index contributed by atoms with van der Waals surface area (Å²) in [4.78, 5) is 24.6. The summed E-state index contributed by atoms with van der Waals surface area (Å²) in [6, 6.07) is 5.41. The van der Waals surface area contributed by atoms with E-state index in [0.29, 0.717) is 11.3 Å². The van der Waals surface area contributed by atoms with Crippen LogP contribution < -0.4 is 10.2 Å². The van der Waals surface area contributed by atoms with Gasteiger partial charge in [0, 0.05) is 19.3 Å². The zero-order valence-corrected chi connectivity index (χ0v) is 9.41. The predicted molar refractivity (Wildman–Crippen MR) is 63.0 cm³/mol. The van der Waals surface area contributed by atoms with Gasteiger partial charge in [-0.2, -0.15) is 0 Å². The van der Waals surface area contributed by atoms with E-state index in [1.807, 2.05) is 19.2 Å². The van der Waals surface area contributed by atoms with Gasteiger partial charge in [-0.25, -0.2) is 0 Å². The first-order valence-electron chi connectivity index (χ1n) is 5.34. The van der Waals surface area contributed by atoms with E-state index in [9.17, 15) is 9.59 Å². The van der Waals surface area contributed by atoms with Crippen molar-refractivity contribution in [3.8, 4) is 0 Å². The van der Waals surface area contributed by atoms with Crippen LogP contribution in [0.5, 0.6) is 0 Å². The summed E-state index contributed by atoms with van der Waals surface area (Å²) in [5.74, 6) is -0.981. The van der Waals surface area contributed by atoms with E-state index < -0.39 is 11.7 Å². The Labute approximate surface area is 94.2 Å². The molecule has 16 heavy (non-hydrogen) atoms. The van der Waals surface area contributed by atoms with Crippen LogP contribution >= 0.6 is 0 Å². The Bertz CT molecular complexity index is 454. The zero-order chi connectivity index (χ0) is 11.7. The van der Waals surface area contributed by atoms with Crippen LogP contribution in [0.2, 0.25) is 0 Å². The topological polar surface area (TPSA) is 49.4 Å². The molecule has 4 nitrogen and oxygen atoms in total. The van der Waals surface area contributed by atoms with Crippen molar-refractivity contribution in [1.82, 2.24) is 0 Å². The lowest BCUT2D eigenvalue weighted by Gasteiger charge is -2.18. The molecule has 0 unspecified atom stereocenters. The molecule has 1 aliphatic rings. The molecular formula is C12H14N2O2. The Hall–Kier alpha value is -1.84. The first-order chi connectivity index (χ1) is 7.63. The average Bonchev–Trinajstić information content (AvgIpc) is 2.55. The number of fused-ring (bicyclic) bond motifs is 1. The van der Waals surface area contributed by atoms with Gasteiger partial charge in [0.15, 0.2) is 0 Å². The maximum absolute atomic E-state index is 11.4.